The summed E-state index contributed by atoms with van der Waals surface area (Å²) in [6, 6.07) is 7.70. The number of aryl methyl sites for hydroxylation is 1. The molecule has 92 valence electrons. The van der Waals surface area contributed by atoms with Crippen molar-refractivity contribution in [2.45, 2.75) is 33.3 Å². The number of nitrogens with zero attached hydrogens (tertiary/aromatic N) is 1. The van der Waals surface area contributed by atoms with Crippen LogP contribution in [0.15, 0.2) is 18.2 Å². The van der Waals surface area contributed by atoms with Crippen LogP contribution in [0.2, 0.25) is 0 Å². The van der Waals surface area contributed by atoms with Crippen molar-refractivity contribution in [3.8, 4) is 11.8 Å². The Labute approximate surface area is 103 Å². The Bertz CT molecular complexity index is 413. The Morgan fingerprint density at radius 3 is 2.53 bits per heavy atom. The lowest BCUT2D eigenvalue weighted by atomic mass is 10.1. The van der Waals surface area contributed by atoms with Crippen molar-refractivity contribution in [1.82, 2.24) is 0 Å². The molecule has 0 spiro atoms. The van der Waals surface area contributed by atoms with Gasteiger partial charge in [0, 0.05) is 0 Å². The van der Waals surface area contributed by atoms with Gasteiger partial charge in [-0.15, -0.1) is 0 Å². The second-order valence-electron chi connectivity index (χ2n) is 4.92. The van der Waals surface area contributed by atoms with E-state index in [1.807, 2.05) is 45.9 Å². The lowest BCUT2D eigenvalue weighted by Gasteiger charge is -2.19. The molecule has 0 saturated heterocycles. The Kier molecular flexibility index (Phi) is 4.53. The number of hydrogen-bond acceptors (Lipinski definition) is 3. The fourth-order valence-corrected chi connectivity index (χ4v) is 1.36. The topological polar surface area (TPSA) is 42.2 Å². The Morgan fingerprint density at radius 1 is 1.24 bits per heavy atom. The van der Waals surface area contributed by atoms with Crippen LogP contribution in [0.3, 0.4) is 0 Å². The van der Waals surface area contributed by atoms with E-state index in [0.717, 1.165) is 5.56 Å². The van der Waals surface area contributed by atoms with Gasteiger partial charge in [-0.05, 0) is 45.4 Å². The molecular formula is C14H19NO2. The molecule has 0 aliphatic rings. The van der Waals surface area contributed by atoms with Crippen LogP contribution < -0.4 is 4.74 Å². The summed E-state index contributed by atoms with van der Waals surface area (Å²) in [6.45, 7) is 8.92. The highest BCUT2D eigenvalue weighted by Crippen LogP contribution is 2.19. The van der Waals surface area contributed by atoms with Crippen molar-refractivity contribution in [2.24, 2.45) is 0 Å². The third-order valence-corrected chi connectivity index (χ3v) is 2.13. The molecule has 0 saturated carbocycles. The number of ether oxygens (including phenoxy) is 2. The standard InChI is InChI=1S/C14H19NO2/c1-11-5-6-13(12(9-11)10-15)16-7-8-17-14(2,3)4/h5-6,9H,7-8H2,1-4H3. The van der Waals surface area contributed by atoms with E-state index in [2.05, 4.69) is 6.07 Å². The van der Waals surface area contributed by atoms with Gasteiger partial charge in [0.1, 0.15) is 18.4 Å². The van der Waals surface area contributed by atoms with Gasteiger partial charge < -0.3 is 9.47 Å². The number of rotatable bonds is 4. The second-order valence-corrected chi connectivity index (χ2v) is 4.92. The minimum atomic E-state index is -0.158. The molecule has 0 aromatic heterocycles. The molecule has 0 aliphatic heterocycles. The van der Waals surface area contributed by atoms with Gasteiger partial charge in [0.25, 0.3) is 0 Å². The maximum Gasteiger partial charge on any atom is 0.137 e. The first-order valence-corrected chi connectivity index (χ1v) is 5.70. The van der Waals surface area contributed by atoms with Crippen LogP contribution in [0.4, 0.5) is 0 Å². The molecule has 1 rings (SSSR count). The minimum Gasteiger partial charge on any atom is -0.490 e. The van der Waals surface area contributed by atoms with E-state index in [9.17, 15) is 0 Å². The van der Waals surface area contributed by atoms with Crippen molar-refractivity contribution in [2.75, 3.05) is 13.2 Å². The second kappa shape index (κ2) is 5.70. The fraction of sp³-hybridized carbons (Fsp3) is 0.500. The summed E-state index contributed by atoms with van der Waals surface area (Å²) in [4.78, 5) is 0. The van der Waals surface area contributed by atoms with Gasteiger partial charge in [0.15, 0.2) is 0 Å². The van der Waals surface area contributed by atoms with Crippen LogP contribution in [0, 0.1) is 18.3 Å². The number of nitriles is 1. The lowest BCUT2D eigenvalue weighted by molar-refractivity contribution is -0.0163. The molecule has 3 heteroatoms. The van der Waals surface area contributed by atoms with Crippen LogP contribution in [0.1, 0.15) is 31.9 Å². The van der Waals surface area contributed by atoms with Crippen molar-refractivity contribution < 1.29 is 9.47 Å². The molecule has 0 bridgehead atoms. The highest BCUT2D eigenvalue weighted by Gasteiger charge is 2.10. The SMILES string of the molecule is Cc1ccc(OCCOC(C)(C)C)c(C#N)c1. The third kappa shape index (κ3) is 4.88. The molecule has 17 heavy (non-hydrogen) atoms. The molecule has 0 fully saturated rings. The number of benzene rings is 1. The van der Waals surface area contributed by atoms with E-state index >= 15 is 0 Å². The normalized spacial score (nSPS) is 11.0. The molecular weight excluding hydrogens is 214 g/mol. The predicted molar refractivity (Wildman–Crippen MR) is 67.1 cm³/mol. The molecule has 1 aromatic rings. The molecule has 0 atom stereocenters. The average Bonchev–Trinajstić information content (AvgIpc) is 2.24. The summed E-state index contributed by atoms with van der Waals surface area (Å²) in [7, 11) is 0. The van der Waals surface area contributed by atoms with Crippen LogP contribution >= 0.6 is 0 Å². The van der Waals surface area contributed by atoms with Crippen molar-refractivity contribution in [3.63, 3.8) is 0 Å². The smallest absolute Gasteiger partial charge is 0.137 e. The summed E-state index contributed by atoms with van der Waals surface area (Å²) in [5.41, 5.74) is 1.47. The highest BCUT2D eigenvalue weighted by atomic mass is 16.5. The van der Waals surface area contributed by atoms with Gasteiger partial charge in [0.05, 0.1) is 17.8 Å². The molecule has 0 radical (unpaired) electrons. The van der Waals surface area contributed by atoms with Gasteiger partial charge in [-0.2, -0.15) is 5.26 Å². The molecule has 0 heterocycles. The zero-order chi connectivity index (χ0) is 12.9. The summed E-state index contributed by atoms with van der Waals surface area (Å²) >= 11 is 0. The fourth-order valence-electron chi connectivity index (χ4n) is 1.36. The lowest BCUT2D eigenvalue weighted by Crippen LogP contribution is -2.22. The minimum absolute atomic E-state index is 0.158. The van der Waals surface area contributed by atoms with Crippen molar-refractivity contribution in [1.29, 1.82) is 5.26 Å². The first kappa shape index (κ1) is 13.5. The maximum absolute atomic E-state index is 8.97. The average molecular weight is 233 g/mol. The molecule has 3 nitrogen and oxygen atoms in total. The maximum atomic E-state index is 8.97. The molecule has 1 aromatic carbocycles. The molecule has 0 amide bonds. The van der Waals surface area contributed by atoms with E-state index in [1.54, 1.807) is 0 Å². The van der Waals surface area contributed by atoms with Crippen molar-refractivity contribution >= 4 is 0 Å². The third-order valence-electron chi connectivity index (χ3n) is 2.13. The van der Waals surface area contributed by atoms with Gasteiger partial charge in [-0.25, -0.2) is 0 Å². The first-order valence-electron chi connectivity index (χ1n) is 5.70. The Hall–Kier alpha value is -1.53. The zero-order valence-corrected chi connectivity index (χ0v) is 10.9. The van der Waals surface area contributed by atoms with E-state index in [1.165, 1.54) is 0 Å². The summed E-state index contributed by atoms with van der Waals surface area (Å²) < 4.78 is 11.1. The van der Waals surface area contributed by atoms with Crippen LogP contribution in [-0.4, -0.2) is 18.8 Å². The Morgan fingerprint density at radius 2 is 1.94 bits per heavy atom. The van der Waals surface area contributed by atoms with Crippen molar-refractivity contribution in [3.05, 3.63) is 29.3 Å². The van der Waals surface area contributed by atoms with Gasteiger partial charge >= 0.3 is 0 Å². The van der Waals surface area contributed by atoms with Crippen LogP contribution in [0.25, 0.3) is 0 Å². The highest BCUT2D eigenvalue weighted by molar-refractivity contribution is 5.45. The predicted octanol–water partition coefficient (Wildman–Crippen LogP) is 3.06. The number of hydrogen-bond donors (Lipinski definition) is 0. The largest absolute Gasteiger partial charge is 0.490 e. The van der Waals surface area contributed by atoms with E-state index in [0.29, 0.717) is 24.5 Å². The summed E-state index contributed by atoms with van der Waals surface area (Å²) in [5.74, 6) is 0.621. The first-order chi connectivity index (χ1) is 7.92. The molecule has 0 N–H and O–H groups in total. The van der Waals surface area contributed by atoms with Crippen LogP contribution in [-0.2, 0) is 4.74 Å². The van der Waals surface area contributed by atoms with E-state index in [4.69, 9.17) is 14.7 Å². The molecule has 0 aliphatic carbocycles. The van der Waals surface area contributed by atoms with Gasteiger partial charge in [-0.3, -0.25) is 0 Å². The van der Waals surface area contributed by atoms with E-state index < -0.39 is 0 Å². The monoisotopic (exact) mass is 233 g/mol. The molecule has 0 unspecified atom stereocenters. The quantitative estimate of drug-likeness (QED) is 0.750. The summed E-state index contributed by atoms with van der Waals surface area (Å²) in [6.07, 6.45) is 0. The van der Waals surface area contributed by atoms with Gasteiger partial charge in [-0.1, -0.05) is 6.07 Å². The van der Waals surface area contributed by atoms with Crippen LogP contribution in [0.5, 0.6) is 5.75 Å². The zero-order valence-electron chi connectivity index (χ0n) is 10.9. The van der Waals surface area contributed by atoms with E-state index in [-0.39, 0.29) is 5.60 Å². The van der Waals surface area contributed by atoms with Gasteiger partial charge in [0.2, 0.25) is 0 Å². The Balaban J connectivity index is 2.50. The summed E-state index contributed by atoms with van der Waals surface area (Å²) in [5, 5.41) is 8.97.